The van der Waals surface area contributed by atoms with E-state index in [-0.39, 0.29) is 12.3 Å². The minimum atomic E-state index is -1.03. The summed E-state index contributed by atoms with van der Waals surface area (Å²) in [5.74, 6) is -0.605. The number of hydrogen-bond acceptors (Lipinski definition) is 5. The molecule has 1 unspecified atom stereocenters. The highest BCUT2D eigenvalue weighted by Crippen LogP contribution is 2.07. The van der Waals surface area contributed by atoms with Gasteiger partial charge in [-0.2, -0.15) is 5.10 Å². The number of carbonyl (C=O) groups is 2. The van der Waals surface area contributed by atoms with Gasteiger partial charge in [-0.3, -0.25) is 4.79 Å². The van der Waals surface area contributed by atoms with Gasteiger partial charge in [-0.15, -0.1) is 11.6 Å². The number of halogens is 1. The second-order valence-corrected chi connectivity index (χ2v) is 4.92. The zero-order chi connectivity index (χ0) is 14.3. The van der Waals surface area contributed by atoms with Crippen LogP contribution in [0.3, 0.4) is 0 Å². The van der Waals surface area contributed by atoms with Crippen molar-refractivity contribution in [2.24, 2.45) is 5.10 Å². The van der Waals surface area contributed by atoms with E-state index in [1.807, 2.05) is 0 Å². The number of nitrogens with zero attached hydrogens (tertiary/aromatic N) is 1. The van der Waals surface area contributed by atoms with Crippen LogP contribution in [0.1, 0.15) is 34.6 Å². The average molecular weight is 279 g/mol. The molecule has 18 heavy (non-hydrogen) atoms. The van der Waals surface area contributed by atoms with Gasteiger partial charge in [-0.05, 0) is 34.6 Å². The maximum atomic E-state index is 11.3. The van der Waals surface area contributed by atoms with Gasteiger partial charge >= 0.3 is 12.1 Å². The molecule has 0 aliphatic rings. The molecular formula is C11H19ClN2O4. The van der Waals surface area contributed by atoms with E-state index in [1.165, 1.54) is 6.92 Å². The Labute approximate surface area is 112 Å². The van der Waals surface area contributed by atoms with Gasteiger partial charge in [-0.1, -0.05) is 0 Å². The summed E-state index contributed by atoms with van der Waals surface area (Å²) < 4.78 is 9.68. The monoisotopic (exact) mass is 278 g/mol. The molecule has 0 spiro atoms. The van der Waals surface area contributed by atoms with Crippen LogP contribution >= 0.6 is 11.6 Å². The predicted octanol–water partition coefficient (Wildman–Crippen LogP) is 2.06. The summed E-state index contributed by atoms with van der Waals surface area (Å²) in [6, 6.07) is 0. The second-order valence-electron chi connectivity index (χ2n) is 4.48. The van der Waals surface area contributed by atoms with E-state index in [4.69, 9.17) is 21.1 Å². The number of hydrazone groups is 1. The first-order chi connectivity index (χ1) is 8.17. The van der Waals surface area contributed by atoms with E-state index < -0.39 is 23.0 Å². The fraction of sp³-hybridized carbons (Fsp3) is 0.727. The molecule has 104 valence electrons. The second kappa shape index (κ2) is 7.20. The van der Waals surface area contributed by atoms with E-state index >= 15 is 0 Å². The first kappa shape index (κ1) is 16.7. The van der Waals surface area contributed by atoms with Gasteiger partial charge in [0.05, 0.1) is 12.3 Å². The molecule has 0 aromatic heterocycles. The molecule has 0 radical (unpaired) electrons. The van der Waals surface area contributed by atoms with Gasteiger partial charge in [0, 0.05) is 0 Å². The number of carbonyl (C=O) groups excluding carboxylic acids is 2. The lowest BCUT2D eigenvalue weighted by molar-refractivity contribution is -0.141. The van der Waals surface area contributed by atoms with Crippen molar-refractivity contribution in [3.8, 4) is 0 Å². The van der Waals surface area contributed by atoms with Crippen LogP contribution in [0.15, 0.2) is 5.10 Å². The molecule has 1 amide bonds. The summed E-state index contributed by atoms with van der Waals surface area (Å²) in [6.07, 6.45) is -0.713. The maximum Gasteiger partial charge on any atom is 0.428 e. The molecule has 0 saturated carbocycles. The molecule has 1 atom stereocenters. The molecule has 6 nitrogen and oxygen atoms in total. The summed E-state index contributed by atoms with van der Waals surface area (Å²) in [5, 5.41) is 2.64. The van der Waals surface area contributed by atoms with Gasteiger partial charge in [0.2, 0.25) is 0 Å². The van der Waals surface area contributed by atoms with Crippen LogP contribution in [0.4, 0.5) is 4.79 Å². The number of amides is 1. The SMILES string of the molecule is CCOC(=O)C(Cl)/C(C)=N/NC(=O)OC(C)(C)C. The van der Waals surface area contributed by atoms with Crippen molar-refractivity contribution in [1.29, 1.82) is 0 Å². The largest absolute Gasteiger partial charge is 0.465 e. The molecule has 0 aromatic rings. The molecule has 0 heterocycles. The molecular weight excluding hydrogens is 260 g/mol. The lowest BCUT2D eigenvalue weighted by Crippen LogP contribution is -2.32. The van der Waals surface area contributed by atoms with Gasteiger partial charge in [0.15, 0.2) is 5.38 Å². The van der Waals surface area contributed by atoms with Crippen LogP contribution in [0.2, 0.25) is 0 Å². The Hall–Kier alpha value is -1.30. The van der Waals surface area contributed by atoms with Gasteiger partial charge in [0.1, 0.15) is 5.60 Å². The van der Waals surface area contributed by atoms with Gasteiger partial charge < -0.3 is 9.47 Å². The standard InChI is InChI=1S/C11H19ClN2O4/c1-6-17-9(15)8(12)7(2)13-14-10(16)18-11(3,4)5/h8H,6H2,1-5H3,(H,14,16)/b13-7+. The van der Waals surface area contributed by atoms with E-state index in [1.54, 1.807) is 27.7 Å². The Morgan fingerprint density at radius 3 is 2.39 bits per heavy atom. The van der Waals surface area contributed by atoms with Crippen LogP contribution in [0.25, 0.3) is 0 Å². The normalized spacial score (nSPS) is 13.8. The number of rotatable bonds is 4. The van der Waals surface area contributed by atoms with Gasteiger partial charge in [0.25, 0.3) is 0 Å². The molecule has 0 aliphatic heterocycles. The summed E-state index contributed by atoms with van der Waals surface area (Å²) in [4.78, 5) is 22.6. The molecule has 0 fully saturated rings. The van der Waals surface area contributed by atoms with Crippen LogP contribution < -0.4 is 5.43 Å². The summed E-state index contributed by atoms with van der Waals surface area (Å²) in [7, 11) is 0. The minimum absolute atomic E-state index is 0.223. The third kappa shape index (κ3) is 7.11. The lowest BCUT2D eigenvalue weighted by atomic mass is 10.2. The van der Waals surface area contributed by atoms with Crippen molar-refractivity contribution >= 4 is 29.4 Å². The Balaban J connectivity index is 4.34. The van der Waals surface area contributed by atoms with Crippen molar-refractivity contribution in [1.82, 2.24) is 5.43 Å². The molecule has 0 aromatic carbocycles. The van der Waals surface area contributed by atoms with Crippen molar-refractivity contribution in [2.45, 2.75) is 45.6 Å². The number of esters is 1. The number of hydrogen-bond donors (Lipinski definition) is 1. The average Bonchev–Trinajstić information content (AvgIpc) is 2.22. The van der Waals surface area contributed by atoms with Crippen LogP contribution in [-0.4, -0.2) is 35.4 Å². The predicted molar refractivity (Wildman–Crippen MR) is 68.8 cm³/mol. The van der Waals surface area contributed by atoms with E-state index in [0.717, 1.165) is 0 Å². The summed E-state index contributed by atoms with van der Waals surface area (Å²) in [5.41, 5.74) is 1.76. The summed E-state index contributed by atoms with van der Waals surface area (Å²) in [6.45, 7) is 8.60. The highest BCUT2D eigenvalue weighted by molar-refractivity contribution is 6.41. The van der Waals surface area contributed by atoms with Crippen molar-refractivity contribution < 1.29 is 19.1 Å². The molecule has 0 rings (SSSR count). The minimum Gasteiger partial charge on any atom is -0.465 e. The molecule has 7 heteroatoms. The van der Waals surface area contributed by atoms with Crippen LogP contribution in [-0.2, 0) is 14.3 Å². The van der Waals surface area contributed by atoms with Crippen molar-refractivity contribution in [3.05, 3.63) is 0 Å². The van der Waals surface area contributed by atoms with Crippen molar-refractivity contribution in [3.63, 3.8) is 0 Å². The number of alkyl halides is 1. The Morgan fingerprint density at radius 1 is 1.39 bits per heavy atom. The Bertz CT molecular complexity index is 336. The molecule has 1 N–H and O–H groups in total. The first-order valence-corrected chi connectivity index (χ1v) is 5.95. The third-order valence-electron chi connectivity index (χ3n) is 1.58. The van der Waals surface area contributed by atoms with Crippen molar-refractivity contribution in [2.75, 3.05) is 6.61 Å². The smallest absolute Gasteiger partial charge is 0.428 e. The number of ether oxygens (including phenoxy) is 2. The summed E-state index contributed by atoms with van der Waals surface area (Å²) >= 11 is 5.78. The fourth-order valence-electron chi connectivity index (χ4n) is 0.877. The van der Waals surface area contributed by atoms with E-state index in [2.05, 4.69) is 10.5 Å². The highest BCUT2D eigenvalue weighted by Gasteiger charge is 2.21. The Morgan fingerprint density at radius 2 is 1.94 bits per heavy atom. The first-order valence-electron chi connectivity index (χ1n) is 5.51. The highest BCUT2D eigenvalue weighted by atomic mass is 35.5. The molecule has 0 saturated heterocycles. The third-order valence-corrected chi connectivity index (χ3v) is 2.08. The quantitative estimate of drug-likeness (QED) is 0.370. The topological polar surface area (TPSA) is 77.0 Å². The molecule has 0 aliphatic carbocycles. The lowest BCUT2D eigenvalue weighted by Gasteiger charge is -2.18. The van der Waals surface area contributed by atoms with Crippen LogP contribution in [0, 0.1) is 0 Å². The van der Waals surface area contributed by atoms with Gasteiger partial charge in [-0.25, -0.2) is 10.2 Å². The fourth-order valence-corrected chi connectivity index (χ4v) is 0.989. The van der Waals surface area contributed by atoms with E-state index in [0.29, 0.717) is 0 Å². The Kier molecular flexibility index (Phi) is 6.68. The zero-order valence-corrected chi connectivity index (χ0v) is 12.0. The maximum absolute atomic E-state index is 11.3. The number of nitrogens with one attached hydrogen (secondary N) is 1. The van der Waals surface area contributed by atoms with E-state index in [9.17, 15) is 9.59 Å². The zero-order valence-electron chi connectivity index (χ0n) is 11.2. The molecule has 0 bridgehead atoms. The van der Waals surface area contributed by atoms with Crippen LogP contribution in [0.5, 0.6) is 0 Å².